The zero-order valence-electron chi connectivity index (χ0n) is 21.4. The van der Waals surface area contributed by atoms with Gasteiger partial charge in [0.25, 0.3) is 11.5 Å². The molecule has 6 rings (SSSR count). The van der Waals surface area contributed by atoms with Gasteiger partial charge >= 0.3 is 0 Å². The van der Waals surface area contributed by atoms with Crippen molar-refractivity contribution in [3.63, 3.8) is 0 Å². The Bertz CT molecular complexity index is 1270. The van der Waals surface area contributed by atoms with Gasteiger partial charge in [0.2, 0.25) is 5.91 Å². The minimum absolute atomic E-state index is 0.0417. The number of pyridine rings is 1. The molecule has 3 atom stereocenters. The fourth-order valence-corrected chi connectivity index (χ4v) is 6.81. The van der Waals surface area contributed by atoms with Gasteiger partial charge in [-0.2, -0.15) is 0 Å². The summed E-state index contributed by atoms with van der Waals surface area (Å²) in [6.07, 6.45) is 7.41. The Morgan fingerprint density at radius 3 is 2.59 bits per heavy atom. The fraction of sp³-hybridized carbons (Fsp3) is 0.552. The topological polar surface area (TPSA) is 92.1 Å². The molecular formula is C29H35N3O5. The first-order valence-electron chi connectivity index (χ1n) is 13.5. The second kappa shape index (κ2) is 9.10. The molecule has 3 heterocycles. The van der Waals surface area contributed by atoms with Gasteiger partial charge < -0.3 is 24.2 Å². The molecule has 8 heteroatoms. The maximum atomic E-state index is 13.8. The number of carbonyl (C=O) groups is 2. The van der Waals surface area contributed by atoms with Crippen LogP contribution in [0, 0.1) is 5.41 Å². The van der Waals surface area contributed by atoms with Crippen molar-refractivity contribution in [2.75, 3.05) is 26.7 Å². The number of benzene rings is 1. The normalized spacial score (nSPS) is 29.6. The summed E-state index contributed by atoms with van der Waals surface area (Å²) in [4.78, 5) is 43.7. The van der Waals surface area contributed by atoms with Crippen LogP contribution in [0.3, 0.4) is 0 Å². The third kappa shape index (κ3) is 4.10. The summed E-state index contributed by atoms with van der Waals surface area (Å²) in [5.74, 6) is -0.169. The van der Waals surface area contributed by atoms with Crippen LogP contribution in [0.5, 0.6) is 0 Å². The summed E-state index contributed by atoms with van der Waals surface area (Å²) in [5, 5.41) is 12.2. The number of carbonyl (C=O) groups excluding carboxylic acids is 2. The van der Waals surface area contributed by atoms with E-state index in [4.69, 9.17) is 4.74 Å². The minimum atomic E-state index is -1.16. The van der Waals surface area contributed by atoms with Gasteiger partial charge in [0, 0.05) is 49.4 Å². The summed E-state index contributed by atoms with van der Waals surface area (Å²) in [6.45, 7) is 1.02. The molecule has 2 aliphatic carbocycles. The largest absolute Gasteiger partial charge is 0.387 e. The second-order valence-corrected chi connectivity index (χ2v) is 11.5. The minimum Gasteiger partial charge on any atom is -0.387 e. The summed E-state index contributed by atoms with van der Waals surface area (Å²) < 4.78 is 7.29. The molecule has 0 radical (unpaired) electrons. The highest BCUT2D eigenvalue weighted by atomic mass is 16.5. The molecule has 3 unspecified atom stereocenters. The number of aliphatic hydroxyl groups is 1. The number of aromatic nitrogens is 1. The van der Waals surface area contributed by atoms with Gasteiger partial charge in [0.15, 0.2) is 0 Å². The number of ether oxygens (including phenoxy) is 1. The Kier molecular flexibility index (Phi) is 5.99. The maximum Gasteiger partial charge on any atom is 0.255 e. The van der Waals surface area contributed by atoms with E-state index < -0.39 is 11.0 Å². The first-order chi connectivity index (χ1) is 17.8. The van der Waals surface area contributed by atoms with E-state index in [1.165, 1.54) is 10.6 Å². The number of rotatable bonds is 4. The molecule has 4 aliphatic rings. The number of likely N-dealkylation sites (tertiary alicyclic amines) is 1. The predicted octanol–water partition coefficient (Wildman–Crippen LogP) is 2.67. The van der Waals surface area contributed by atoms with Crippen molar-refractivity contribution < 1.29 is 19.4 Å². The average Bonchev–Trinajstić information content (AvgIpc) is 3.30. The van der Waals surface area contributed by atoms with Crippen molar-refractivity contribution >= 4 is 11.8 Å². The van der Waals surface area contributed by atoms with E-state index in [0.717, 1.165) is 31.2 Å². The lowest BCUT2D eigenvalue weighted by atomic mass is 9.65. The van der Waals surface area contributed by atoms with Crippen LogP contribution in [0.2, 0.25) is 0 Å². The van der Waals surface area contributed by atoms with E-state index in [1.54, 1.807) is 11.1 Å². The zero-order chi connectivity index (χ0) is 25.8. The lowest BCUT2D eigenvalue weighted by Gasteiger charge is -2.53. The van der Waals surface area contributed by atoms with Crippen LogP contribution in [0.1, 0.15) is 55.3 Å². The number of amides is 2. The predicted molar refractivity (Wildman–Crippen MR) is 138 cm³/mol. The van der Waals surface area contributed by atoms with Crippen molar-refractivity contribution in [3.8, 4) is 11.1 Å². The second-order valence-electron chi connectivity index (χ2n) is 11.5. The van der Waals surface area contributed by atoms with Crippen molar-refractivity contribution in [2.45, 2.75) is 69.2 Å². The molecule has 2 aliphatic heterocycles. The lowest BCUT2D eigenvalue weighted by molar-refractivity contribution is -0.166. The smallest absolute Gasteiger partial charge is 0.255 e. The Hall–Kier alpha value is -2.97. The molecular weight excluding hydrogens is 470 g/mol. The molecule has 196 valence electrons. The van der Waals surface area contributed by atoms with E-state index in [-0.39, 0.29) is 42.7 Å². The van der Waals surface area contributed by atoms with E-state index in [9.17, 15) is 19.5 Å². The van der Waals surface area contributed by atoms with Gasteiger partial charge in [0.1, 0.15) is 6.61 Å². The average molecular weight is 506 g/mol. The SMILES string of the molecule is CN1C(=O)c2cn(c(=O)cc2-c2ccccc2)CC2(O)CCN(C(=O)COC3CCC3)CC23CCC1C3. The van der Waals surface area contributed by atoms with Crippen LogP contribution in [0.15, 0.2) is 47.4 Å². The van der Waals surface area contributed by atoms with Crippen LogP contribution in [0.25, 0.3) is 11.1 Å². The van der Waals surface area contributed by atoms with Crippen LogP contribution in [-0.4, -0.2) is 75.8 Å². The third-order valence-corrected chi connectivity index (χ3v) is 9.45. The van der Waals surface area contributed by atoms with E-state index in [2.05, 4.69) is 0 Å². The Labute approximate surface area is 216 Å². The lowest BCUT2D eigenvalue weighted by Crippen LogP contribution is -2.63. The van der Waals surface area contributed by atoms with Gasteiger partial charge in [-0.15, -0.1) is 0 Å². The van der Waals surface area contributed by atoms with Gasteiger partial charge in [-0.05, 0) is 50.5 Å². The van der Waals surface area contributed by atoms with Crippen molar-refractivity contribution in [1.29, 1.82) is 0 Å². The van der Waals surface area contributed by atoms with E-state index in [0.29, 0.717) is 43.5 Å². The highest BCUT2D eigenvalue weighted by Crippen LogP contribution is 2.53. The molecule has 1 N–H and O–H groups in total. The molecule has 2 amide bonds. The standard InChI is InChI=1S/C29H35N3O5/c1-30-21-10-11-28(15-21)18-31(26(34)17-37-22-8-5-9-22)13-12-29(28,36)19-32-16-24(27(30)35)23(14-25(32)33)20-6-3-2-4-7-20/h2-4,6-7,14,16,21-22,36H,5,8-13,15,17-19H2,1H3. The van der Waals surface area contributed by atoms with E-state index in [1.807, 2.05) is 42.3 Å². The number of hydrogen-bond donors (Lipinski definition) is 1. The maximum absolute atomic E-state index is 13.8. The van der Waals surface area contributed by atoms with Crippen molar-refractivity contribution in [3.05, 3.63) is 58.5 Å². The number of piperidine rings is 1. The molecule has 4 bridgehead atoms. The third-order valence-electron chi connectivity index (χ3n) is 9.45. The Morgan fingerprint density at radius 1 is 1.08 bits per heavy atom. The molecule has 3 fully saturated rings. The highest BCUT2D eigenvalue weighted by molar-refractivity contribution is 6.00. The molecule has 37 heavy (non-hydrogen) atoms. The fourth-order valence-electron chi connectivity index (χ4n) is 6.81. The van der Waals surface area contributed by atoms with Crippen molar-refractivity contribution in [2.24, 2.45) is 5.41 Å². The van der Waals surface area contributed by atoms with Gasteiger partial charge in [-0.1, -0.05) is 30.3 Å². The molecule has 1 aromatic heterocycles. The number of nitrogens with zero attached hydrogens (tertiary/aromatic N) is 3. The molecule has 8 nitrogen and oxygen atoms in total. The summed E-state index contributed by atoms with van der Waals surface area (Å²) in [7, 11) is 1.81. The number of fused-ring (bicyclic) bond motifs is 3. The molecule has 1 saturated heterocycles. The summed E-state index contributed by atoms with van der Waals surface area (Å²) >= 11 is 0. The molecule has 2 saturated carbocycles. The molecule has 1 aromatic carbocycles. The zero-order valence-corrected chi connectivity index (χ0v) is 21.4. The monoisotopic (exact) mass is 505 g/mol. The Morgan fingerprint density at radius 2 is 1.86 bits per heavy atom. The first-order valence-corrected chi connectivity index (χ1v) is 13.5. The first kappa shape index (κ1) is 24.4. The Balaban J connectivity index is 1.35. The van der Waals surface area contributed by atoms with Crippen LogP contribution < -0.4 is 5.56 Å². The van der Waals surface area contributed by atoms with Crippen LogP contribution >= 0.6 is 0 Å². The van der Waals surface area contributed by atoms with Gasteiger partial charge in [0.05, 0.1) is 23.8 Å². The number of hydrogen-bond acceptors (Lipinski definition) is 5. The summed E-state index contributed by atoms with van der Waals surface area (Å²) in [5.41, 5.74) is -0.102. The van der Waals surface area contributed by atoms with Crippen molar-refractivity contribution in [1.82, 2.24) is 14.4 Å². The van der Waals surface area contributed by atoms with Crippen LogP contribution in [0.4, 0.5) is 0 Å². The molecule has 1 spiro atoms. The quantitative estimate of drug-likeness (QED) is 0.690. The highest BCUT2D eigenvalue weighted by Gasteiger charge is 2.58. The van der Waals surface area contributed by atoms with Gasteiger partial charge in [-0.3, -0.25) is 14.4 Å². The van der Waals surface area contributed by atoms with Crippen LogP contribution in [-0.2, 0) is 16.1 Å². The van der Waals surface area contributed by atoms with E-state index >= 15 is 0 Å². The summed E-state index contributed by atoms with van der Waals surface area (Å²) in [6, 6.07) is 11.0. The molecule has 2 aromatic rings. The van der Waals surface area contributed by atoms with Gasteiger partial charge in [-0.25, -0.2) is 0 Å².